The average molecular weight is 247 g/mol. The van der Waals surface area contributed by atoms with Gasteiger partial charge in [-0.25, -0.2) is 13.1 Å². The van der Waals surface area contributed by atoms with Crippen molar-refractivity contribution in [2.75, 3.05) is 12.4 Å². The Kier molecular flexibility index (Phi) is 3.87. The van der Waals surface area contributed by atoms with E-state index in [-0.39, 0.29) is 24.3 Å². The number of aliphatic hydroxyl groups excluding tert-OH is 1. The molecule has 2 atom stereocenters. The number of hydrogen-bond acceptors (Lipinski definition) is 3. The zero-order valence-electron chi connectivity index (χ0n) is 9.56. The van der Waals surface area contributed by atoms with Crippen molar-refractivity contribution in [3.05, 3.63) is 0 Å². The van der Waals surface area contributed by atoms with Crippen LogP contribution in [0.4, 0.5) is 0 Å². The number of nitrogens with one attached hydrogen (secondary N) is 1. The summed E-state index contributed by atoms with van der Waals surface area (Å²) in [5, 5.41) is 9.22. The fourth-order valence-corrected chi connectivity index (χ4v) is 4.28. The van der Waals surface area contributed by atoms with Crippen molar-refractivity contribution < 1.29 is 13.5 Å². The van der Waals surface area contributed by atoms with Crippen LogP contribution in [0.3, 0.4) is 0 Å². The van der Waals surface area contributed by atoms with E-state index in [2.05, 4.69) is 4.72 Å². The van der Waals surface area contributed by atoms with Gasteiger partial charge in [-0.2, -0.15) is 0 Å². The Morgan fingerprint density at radius 3 is 2.44 bits per heavy atom. The van der Waals surface area contributed by atoms with Crippen LogP contribution in [0.2, 0.25) is 0 Å². The van der Waals surface area contributed by atoms with Gasteiger partial charge >= 0.3 is 0 Å². The van der Waals surface area contributed by atoms with Gasteiger partial charge in [0.05, 0.1) is 5.75 Å². The second-order valence-corrected chi connectivity index (χ2v) is 6.97. The van der Waals surface area contributed by atoms with Crippen LogP contribution in [-0.2, 0) is 10.0 Å². The van der Waals surface area contributed by atoms with Crippen molar-refractivity contribution >= 4 is 10.0 Å². The highest BCUT2D eigenvalue weighted by atomic mass is 32.2. The van der Waals surface area contributed by atoms with Crippen LogP contribution >= 0.6 is 0 Å². The lowest BCUT2D eigenvalue weighted by molar-refractivity contribution is 0.164. The quantitative estimate of drug-likeness (QED) is 0.757. The van der Waals surface area contributed by atoms with Crippen LogP contribution < -0.4 is 4.72 Å². The molecule has 2 unspecified atom stereocenters. The molecule has 2 rings (SSSR count). The number of hydrogen-bond donors (Lipinski definition) is 2. The maximum Gasteiger partial charge on any atom is 0.212 e. The summed E-state index contributed by atoms with van der Waals surface area (Å²) in [4.78, 5) is 0. The van der Waals surface area contributed by atoms with Gasteiger partial charge in [0, 0.05) is 12.6 Å². The predicted molar refractivity (Wildman–Crippen MR) is 62.5 cm³/mol. The minimum atomic E-state index is -3.12. The van der Waals surface area contributed by atoms with Crippen molar-refractivity contribution in [1.82, 2.24) is 4.72 Å². The molecule has 2 aliphatic carbocycles. The fraction of sp³-hybridized carbons (Fsp3) is 1.00. The Morgan fingerprint density at radius 1 is 1.12 bits per heavy atom. The molecule has 4 nitrogen and oxygen atoms in total. The third-order valence-corrected chi connectivity index (χ3v) is 5.20. The molecule has 0 radical (unpaired) electrons. The molecule has 0 aromatic rings. The molecule has 0 aromatic heterocycles. The molecule has 16 heavy (non-hydrogen) atoms. The average Bonchev–Trinajstić information content (AvgIpc) is 3.01. The van der Waals surface area contributed by atoms with Crippen LogP contribution in [0.25, 0.3) is 0 Å². The van der Waals surface area contributed by atoms with Gasteiger partial charge in [-0.05, 0) is 37.5 Å². The molecule has 0 saturated heterocycles. The van der Waals surface area contributed by atoms with E-state index in [0.717, 1.165) is 38.5 Å². The van der Waals surface area contributed by atoms with E-state index in [1.165, 1.54) is 0 Å². The molecule has 0 amide bonds. The van der Waals surface area contributed by atoms with Crippen LogP contribution in [0.15, 0.2) is 0 Å². The molecule has 0 aromatic carbocycles. The van der Waals surface area contributed by atoms with Gasteiger partial charge in [0.1, 0.15) is 0 Å². The molecule has 2 saturated carbocycles. The first-order valence-corrected chi connectivity index (χ1v) is 7.87. The van der Waals surface area contributed by atoms with Gasteiger partial charge in [-0.15, -0.1) is 0 Å². The van der Waals surface area contributed by atoms with Crippen LogP contribution in [-0.4, -0.2) is 31.9 Å². The Hall–Kier alpha value is -0.130. The normalized spacial score (nSPS) is 31.6. The van der Waals surface area contributed by atoms with Gasteiger partial charge in [0.15, 0.2) is 0 Å². The van der Waals surface area contributed by atoms with Crippen molar-refractivity contribution in [2.45, 2.75) is 44.6 Å². The first-order valence-electron chi connectivity index (χ1n) is 6.21. The molecule has 0 heterocycles. The lowest BCUT2D eigenvalue weighted by Crippen LogP contribution is -2.44. The van der Waals surface area contributed by atoms with Crippen LogP contribution in [0.5, 0.6) is 0 Å². The lowest BCUT2D eigenvalue weighted by atomic mass is 9.86. The Morgan fingerprint density at radius 2 is 1.81 bits per heavy atom. The molecular formula is C11H21NO3S. The number of aliphatic hydroxyl groups is 1. The first kappa shape index (κ1) is 12.3. The van der Waals surface area contributed by atoms with E-state index >= 15 is 0 Å². The molecule has 94 valence electrons. The molecule has 0 bridgehead atoms. The molecule has 2 fully saturated rings. The summed E-state index contributed by atoms with van der Waals surface area (Å²) in [5.74, 6) is 0.776. The summed E-state index contributed by atoms with van der Waals surface area (Å²) >= 11 is 0. The maximum atomic E-state index is 11.8. The third kappa shape index (κ3) is 3.43. The van der Waals surface area contributed by atoms with Crippen molar-refractivity contribution in [3.63, 3.8) is 0 Å². The van der Waals surface area contributed by atoms with E-state index in [4.69, 9.17) is 0 Å². The van der Waals surface area contributed by atoms with E-state index < -0.39 is 10.0 Å². The minimum Gasteiger partial charge on any atom is -0.396 e. The number of rotatable bonds is 5. The molecule has 5 heteroatoms. The van der Waals surface area contributed by atoms with Crippen LogP contribution in [0.1, 0.15) is 38.5 Å². The van der Waals surface area contributed by atoms with Gasteiger partial charge in [0.25, 0.3) is 0 Å². The summed E-state index contributed by atoms with van der Waals surface area (Å²) in [7, 11) is -3.12. The SMILES string of the molecule is O=S(=O)(CC1CC1)NC1CCCCC1CO. The minimum absolute atomic E-state index is 0.0394. The maximum absolute atomic E-state index is 11.8. The second kappa shape index (κ2) is 5.02. The predicted octanol–water partition coefficient (Wildman–Crippen LogP) is 0.867. The van der Waals surface area contributed by atoms with Gasteiger partial charge in [-0.3, -0.25) is 0 Å². The fourth-order valence-electron chi connectivity index (χ4n) is 2.45. The molecule has 0 aliphatic heterocycles. The topological polar surface area (TPSA) is 66.4 Å². The molecule has 2 N–H and O–H groups in total. The van der Waals surface area contributed by atoms with Crippen molar-refractivity contribution in [2.24, 2.45) is 11.8 Å². The smallest absolute Gasteiger partial charge is 0.212 e. The molecule has 2 aliphatic rings. The highest BCUT2D eigenvalue weighted by Gasteiger charge is 2.32. The molecular weight excluding hydrogens is 226 g/mol. The van der Waals surface area contributed by atoms with E-state index in [1.54, 1.807) is 0 Å². The monoisotopic (exact) mass is 247 g/mol. The van der Waals surface area contributed by atoms with E-state index in [0.29, 0.717) is 5.92 Å². The zero-order valence-corrected chi connectivity index (χ0v) is 10.4. The third-order valence-electron chi connectivity index (χ3n) is 3.63. The summed E-state index contributed by atoms with van der Waals surface area (Å²) in [5.41, 5.74) is 0. The van der Waals surface area contributed by atoms with Gasteiger partial charge in [-0.1, -0.05) is 12.8 Å². The molecule has 0 spiro atoms. The Bertz CT molecular complexity index is 324. The van der Waals surface area contributed by atoms with Gasteiger partial charge < -0.3 is 5.11 Å². The van der Waals surface area contributed by atoms with E-state index in [9.17, 15) is 13.5 Å². The second-order valence-electron chi connectivity index (χ2n) is 5.18. The zero-order chi connectivity index (χ0) is 11.6. The van der Waals surface area contributed by atoms with Crippen molar-refractivity contribution in [1.29, 1.82) is 0 Å². The summed E-state index contributed by atoms with van der Waals surface area (Å²) < 4.78 is 26.4. The Labute approximate surface area is 97.5 Å². The van der Waals surface area contributed by atoms with E-state index in [1.807, 2.05) is 0 Å². The highest BCUT2D eigenvalue weighted by molar-refractivity contribution is 7.89. The first-order chi connectivity index (χ1) is 7.61. The standard InChI is InChI=1S/C11H21NO3S/c13-7-10-3-1-2-4-11(10)12-16(14,15)8-9-5-6-9/h9-13H,1-8H2. The summed E-state index contributed by atoms with van der Waals surface area (Å²) in [6, 6.07) is -0.0394. The lowest BCUT2D eigenvalue weighted by Gasteiger charge is -2.30. The largest absolute Gasteiger partial charge is 0.396 e. The number of sulfonamides is 1. The Balaban J connectivity index is 1.90. The summed E-state index contributed by atoms with van der Waals surface area (Å²) in [6.07, 6.45) is 6.07. The van der Waals surface area contributed by atoms with Gasteiger partial charge in [0.2, 0.25) is 10.0 Å². The van der Waals surface area contributed by atoms with Crippen LogP contribution in [0, 0.1) is 11.8 Å². The van der Waals surface area contributed by atoms with Crippen molar-refractivity contribution in [3.8, 4) is 0 Å². The summed E-state index contributed by atoms with van der Waals surface area (Å²) in [6.45, 7) is 0.0939. The highest BCUT2D eigenvalue weighted by Crippen LogP contribution is 2.31.